The van der Waals surface area contributed by atoms with Gasteiger partial charge in [-0.1, -0.05) is 13.3 Å². The molecule has 1 rings (SSSR count). The number of sulfonamides is 1. The van der Waals surface area contributed by atoms with Crippen molar-refractivity contribution in [2.75, 3.05) is 39.0 Å². The van der Waals surface area contributed by atoms with E-state index in [4.69, 9.17) is 0 Å². The number of nitrogens with zero attached hydrogens (tertiary/aromatic N) is 2. The average Bonchev–Trinajstić information content (AvgIpc) is 2.55. The first-order chi connectivity index (χ1) is 12.0. The Hall–Kier alpha value is -1.69. The summed E-state index contributed by atoms with van der Waals surface area (Å²) < 4.78 is 52.8. The van der Waals surface area contributed by atoms with Crippen LogP contribution in [-0.2, 0) is 25.0 Å². The highest BCUT2D eigenvalue weighted by Gasteiger charge is 2.23. The molecule has 0 heterocycles. The minimum atomic E-state index is -3.86. The van der Waals surface area contributed by atoms with Crippen LogP contribution in [0.3, 0.4) is 0 Å². The van der Waals surface area contributed by atoms with Gasteiger partial charge in [-0.2, -0.15) is 17.0 Å². The highest BCUT2D eigenvalue weighted by atomic mass is 32.2. The Bertz CT molecular complexity index is 805. The largest absolute Gasteiger partial charge is 0.355 e. The van der Waals surface area contributed by atoms with Crippen LogP contribution < -0.4 is 10.0 Å². The van der Waals surface area contributed by atoms with E-state index in [1.165, 1.54) is 45.4 Å². The van der Waals surface area contributed by atoms with Crippen LogP contribution in [0.25, 0.3) is 0 Å². The molecule has 0 atom stereocenters. The maximum absolute atomic E-state index is 12.5. The molecule has 1 aromatic rings. The van der Waals surface area contributed by atoms with Gasteiger partial charge in [0, 0.05) is 33.4 Å². The number of nitrogens with one attached hydrogen (secondary N) is 2. The van der Waals surface area contributed by atoms with E-state index < -0.39 is 20.2 Å². The third kappa shape index (κ3) is 6.24. The summed E-state index contributed by atoms with van der Waals surface area (Å²) >= 11 is 0. The minimum absolute atomic E-state index is 0.0332. The van der Waals surface area contributed by atoms with Crippen LogP contribution >= 0.6 is 0 Å². The smallest absolute Gasteiger partial charge is 0.301 e. The first kappa shape index (κ1) is 22.4. The number of rotatable bonds is 10. The second kappa shape index (κ2) is 9.31. The zero-order valence-electron chi connectivity index (χ0n) is 15.4. The van der Waals surface area contributed by atoms with E-state index in [2.05, 4.69) is 10.0 Å². The molecule has 0 saturated carbocycles. The number of amides is 1. The molecule has 0 aliphatic rings. The second-order valence-electron chi connectivity index (χ2n) is 5.88. The molecule has 0 spiro atoms. The molecule has 11 heteroatoms. The van der Waals surface area contributed by atoms with E-state index in [9.17, 15) is 21.6 Å². The molecule has 2 N–H and O–H groups in total. The molecular weight excluding hydrogens is 380 g/mol. The van der Waals surface area contributed by atoms with Crippen molar-refractivity contribution in [2.45, 2.75) is 24.7 Å². The number of benzene rings is 1. The van der Waals surface area contributed by atoms with Gasteiger partial charge >= 0.3 is 10.2 Å². The van der Waals surface area contributed by atoms with Gasteiger partial charge in [-0.15, -0.1) is 0 Å². The molecule has 26 heavy (non-hydrogen) atoms. The predicted molar refractivity (Wildman–Crippen MR) is 100 cm³/mol. The average molecular weight is 407 g/mol. The van der Waals surface area contributed by atoms with Gasteiger partial charge in [-0.05, 0) is 30.7 Å². The Kier molecular flexibility index (Phi) is 8.00. The Morgan fingerprint density at radius 2 is 1.62 bits per heavy atom. The standard InChI is InChI=1S/C15H26N4O5S2/c1-5-6-11-16-15(20)12-19(4)25(21,22)14-9-7-13(8-10-14)17-26(23,24)18(2)3/h7-10,17H,5-6,11-12H2,1-4H3,(H,16,20). The zero-order valence-corrected chi connectivity index (χ0v) is 17.0. The van der Waals surface area contributed by atoms with Crippen LogP contribution in [0.4, 0.5) is 5.69 Å². The van der Waals surface area contributed by atoms with Gasteiger partial charge in [0.2, 0.25) is 15.9 Å². The van der Waals surface area contributed by atoms with E-state index in [-0.39, 0.29) is 23.0 Å². The van der Waals surface area contributed by atoms with Crippen molar-refractivity contribution in [3.63, 3.8) is 0 Å². The molecule has 0 saturated heterocycles. The molecule has 0 fully saturated rings. The summed E-state index contributed by atoms with van der Waals surface area (Å²) in [6.45, 7) is 2.20. The molecule has 148 valence electrons. The lowest BCUT2D eigenvalue weighted by Gasteiger charge is -2.17. The first-order valence-electron chi connectivity index (χ1n) is 8.04. The SMILES string of the molecule is CCCCNC(=O)CN(C)S(=O)(=O)c1ccc(NS(=O)(=O)N(C)C)cc1. The van der Waals surface area contributed by atoms with Gasteiger partial charge in [0.15, 0.2) is 0 Å². The van der Waals surface area contributed by atoms with E-state index in [0.29, 0.717) is 6.54 Å². The number of likely N-dealkylation sites (N-methyl/N-ethyl adjacent to an activating group) is 1. The normalized spacial score (nSPS) is 12.4. The molecule has 0 aliphatic carbocycles. The topological polar surface area (TPSA) is 116 Å². The number of carbonyl (C=O) groups excluding carboxylic acids is 1. The van der Waals surface area contributed by atoms with Crippen LogP contribution in [0.15, 0.2) is 29.2 Å². The molecule has 9 nitrogen and oxygen atoms in total. The van der Waals surface area contributed by atoms with Crippen LogP contribution in [0.5, 0.6) is 0 Å². The summed E-state index contributed by atoms with van der Waals surface area (Å²) in [5.74, 6) is -0.375. The number of hydrogen-bond acceptors (Lipinski definition) is 5. The van der Waals surface area contributed by atoms with Gasteiger partial charge < -0.3 is 5.32 Å². The fraction of sp³-hybridized carbons (Fsp3) is 0.533. The highest BCUT2D eigenvalue weighted by molar-refractivity contribution is 7.90. The predicted octanol–water partition coefficient (Wildman–Crippen LogP) is 0.442. The summed E-state index contributed by atoms with van der Waals surface area (Å²) in [6.07, 6.45) is 1.75. The fourth-order valence-electron chi connectivity index (χ4n) is 1.86. The third-order valence-corrected chi connectivity index (χ3v) is 6.78. The fourth-order valence-corrected chi connectivity index (χ4v) is 3.61. The summed E-state index contributed by atoms with van der Waals surface area (Å²) in [7, 11) is -3.46. The molecule has 0 aliphatic heterocycles. The van der Waals surface area contributed by atoms with Crippen molar-refractivity contribution < 1.29 is 21.6 Å². The van der Waals surface area contributed by atoms with Crippen LogP contribution in [0.1, 0.15) is 19.8 Å². The molecular formula is C15H26N4O5S2. The van der Waals surface area contributed by atoms with Gasteiger partial charge in [0.25, 0.3) is 0 Å². The number of unbranched alkanes of at least 4 members (excludes halogenated alkanes) is 1. The highest BCUT2D eigenvalue weighted by Crippen LogP contribution is 2.18. The lowest BCUT2D eigenvalue weighted by molar-refractivity contribution is -0.121. The Labute approximate surface area is 155 Å². The van der Waals surface area contributed by atoms with Crippen molar-refractivity contribution in [3.05, 3.63) is 24.3 Å². The second-order valence-corrected chi connectivity index (χ2v) is 9.81. The lowest BCUT2D eigenvalue weighted by atomic mass is 10.3. The molecule has 0 unspecified atom stereocenters. The Morgan fingerprint density at radius 1 is 1.04 bits per heavy atom. The van der Waals surface area contributed by atoms with E-state index in [1.54, 1.807) is 0 Å². The molecule has 0 radical (unpaired) electrons. The molecule has 0 aromatic heterocycles. The molecule has 0 bridgehead atoms. The first-order valence-corrected chi connectivity index (χ1v) is 10.9. The molecule has 1 amide bonds. The van der Waals surface area contributed by atoms with Gasteiger partial charge in [0.1, 0.15) is 0 Å². The van der Waals surface area contributed by atoms with Crippen molar-refractivity contribution >= 4 is 31.8 Å². The van der Waals surface area contributed by atoms with Crippen molar-refractivity contribution in [3.8, 4) is 0 Å². The maximum Gasteiger partial charge on any atom is 0.301 e. The number of carbonyl (C=O) groups is 1. The van der Waals surface area contributed by atoms with Crippen molar-refractivity contribution in [1.82, 2.24) is 13.9 Å². The van der Waals surface area contributed by atoms with Gasteiger partial charge in [-0.3, -0.25) is 9.52 Å². The van der Waals surface area contributed by atoms with Crippen molar-refractivity contribution in [2.24, 2.45) is 0 Å². The van der Waals surface area contributed by atoms with Crippen LogP contribution in [0, 0.1) is 0 Å². The summed E-state index contributed by atoms with van der Waals surface area (Å²) in [6, 6.07) is 5.27. The maximum atomic E-state index is 12.5. The Morgan fingerprint density at radius 3 is 2.12 bits per heavy atom. The Balaban J connectivity index is 2.81. The lowest BCUT2D eigenvalue weighted by Crippen LogP contribution is -2.38. The number of hydrogen-bond donors (Lipinski definition) is 2. The zero-order chi connectivity index (χ0) is 20.0. The van der Waals surface area contributed by atoms with Crippen LogP contribution in [-0.4, -0.2) is 65.6 Å². The van der Waals surface area contributed by atoms with Gasteiger partial charge in [0.05, 0.1) is 11.4 Å². The summed E-state index contributed by atoms with van der Waals surface area (Å²) in [4.78, 5) is 11.7. The summed E-state index contributed by atoms with van der Waals surface area (Å²) in [5.41, 5.74) is 0.234. The monoisotopic (exact) mass is 406 g/mol. The van der Waals surface area contributed by atoms with E-state index in [0.717, 1.165) is 21.5 Å². The van der Waals surface area contributed by atoms with Gasteiger partial charge in [-0.25, -0.2) is 8.42 Å². The van der Waals surface area contributed by atoms with E-state index in [1.807, 2.05) is 6.92 Å². The minimum Gasteiger partial charge on any atom is -0.355 e. The summed E-state index contributed by atoms with van der Waals surface area (Å²) in [5, 5.41) is 2.66. The third-order valence-electron chi connectivity index (χ3n) is 3.51. The quantitative estimate of drug-likeness (QED) is 0.547. The van der Waals surface area contributed by atoms with Crippen LogP contribution in [0.2, 0.25) is 0 Å². The number of anilines is 1. The molecule has 1 aromatic carbocycles. The van der Waals surface area contributed by atoms with Crippen molar-refractivity contribution in [1.29, 1.82) is 0 Å². The van der Waals surface area contributed by atoms with E-state index >= 15 is 0 Å².